The molecule has 0 saturated heterocycles. The van der Waals surface area contributed by atoms with Crippen molar-refractivity contribution in [3.05, 3.63) is 50.7 Å². The average Bonchev–Trinajstić information content (AvgIpc) is 2.87. The Morgan fingerprint density at radius 3 is 2.85 bits per heavy atom. The Morgan fingerprint density at radius 2 is 2.30 bits per heavy atom. The Hall–Kier alpha value is -2.22. The molecule has 2 rings (SSSR count). The quantitative estimate of drug-likeness (QED) is 0.474. The minimum Gasteiger partial charge on any atom is -0.496 e. The van der Waals surface area contributed by atoms with E-state index in [1.807, 2.05) is 0 Å². The summed E-state index contributed by atoms with van der Waals surface area (Å²) in [5, 5.41) is 14.3. The topological polar surface area (TPSA) is 87.3 Å². The van der Waals surface area contributed by atoms with Gasteiger partial charge >= 0.3 is 5.69 Å². The molecule has 0 radical (unpaired) electrons. The van der Waals surface area contributed by atoms with Gasteiger partial charge in [-0.1, -0.05) is 0 Å². The van der Waals surface area contributed by atoms with E-state index in [1.165, 1.54) is 18.0 Å². The van der Waals surface area contributed by atoms with Crippen LogP contribution in [0.3, 0.4) is 0 Å². The number of ether oxygens (including phenoxy) is 1. The Kier molecular flexibility index (Phi) is 4.14. The first-order valence-corrected chi connectivity index (χ1v) is 6.34. The fraction of sp³-hybridized carbons (Fsp3) is 0.167. The molecule has 0 saturated carbocycles. The second-order valence-electron chi connectivity index (χ2n) is 3.93. The molecule has 20 heavy (non-hydrogen) atoms. The molecule has 0 unspecified atom stereocenters. The van der Waals surface area contributed by atoms with Crippen molar-refractivity contribution in [2.24, 2.45) is 0 Å². The fourth-order valence-electron chi connectivity index (χ4n) is 1.61. The van der Waals surface area contributed by atoms with Crippen LogP contribution in [0.1, 0.15) is 10.4 Å². The van der Waals surface area contributed by atoms with Gasteiger partial charge in [-0.05, 0) is 34.1 Å². The molecule has 8 heteroatoms. The molecule has 0 N–H and O–H groups in total. The molecule has 1 aromatic carbocycles. The van der Waals surface area contributed by atoms with Crippen LogP contribution in [0.5, 0.6) is 5.75 Å². The van der Waals surface area contributed by atoms with E-state index < -0.39 is 4.92 Å². The summed E-state index contributed by atoms with van der Waals surface area (Å²) in [5.41, 5.74) is 0.324. The van der Waals surface area contributed by atoms with Gasteiger partial charge in [0.05, 0.1) is 16.5 Å². The molecular weight excluding hydrogens is 330 g/mol. The third-order valence-electron chi connectivity index (χ3n) is 2.61. The molecule has 104 valence electrons. The monoisotopic (exact) mass is 339 g/mol. The van der Waals surface area contributed by atoms with Gasteiger partial charge in [-0.3, -0.25) is 19.6 Å². The molecule has 0 spiro atoms. The highest BCUT2D eigenvalue weighted by molar-refractivity contribution is 9.10. The molecule has 0 aliphatic rings. The lowest BCUT2D eigenvalue weighted by Gasteiger charge is -2.05. The highest BCUT2D eigenvalue weighted by Gasteiger charge is 2.13. The molecule has 0 atom stereocenters. The first kappa shape index (κ1) is 14.2. The van der Waals surface area contributed by atoms with Crippen LogP contribution >= 0.6 is 15.9 Å². The Bertz CT molecular complexity index is 668. The molecule has 7 nitrogen and oxygen atoms in total. The van der Waals surface area contributed by atoms with Crippen LogP contribution in [0.4, 0.5) is 5.69 Å². The van der Waals surface area contributed by atoms with Gasteiger partial charge < -0.3 is 4.74 Å². The maximum Gasteiger partial charge on any atom is 0.307 e. The van der Waals surface area contributed by atoms with Crippen molar-refractivity contribution in [3.8, 4) is 5.75 Å². The lowest BCUT2D eigenvalue weighted by molar-refractivity contribution is -0.385. The molecule has 0 aliphatic heterocycles. The molecule has 0 fully saturated rings. The second-order valence-corrected chi connectivity index (χ2v) is 4.78. The predicted octanol–water partition coefficient (Wildman–Crippen LogP) is 2.45. The number of nitro groups is 1. The third kappa shape index (κ3) is 3.02. The normalized spacial score (nSPS) is 10.3. The first-order chi connectivity index (χ1) is 9.51. The van der Waals surface area contributed by atoms with E-state index in [1.54, 1.807) is 18.2 Å². The number of ketones is 1. The zero-order valence-electron chi connectivity index (χ0n) is 10.4. The number of halogens is 1. The van der Waals surface area contributed by atoms with Crippen molar-refractivity contribution in [3.63, 3.8) is 0 Å². The summed E-state index contributed by atoms with van der Waals surface area (Å²) in [6, 6.07) is 4.94. The van der Waals surface area contributed by atoms with E-state index in [0.29, 0.717) is 15.8 Å². The number of aromatic nitrogens is 2. The van der Waals surface area contributed by atoms with Gasteiger partial charge in [0.15, 0.2) is 5.78 Å². The van der Waals surface area contributed by atoms with E-state index in [-0.39, 0.29) is 18.0 Å². The lowest BCUT2D eigenvalue weighted by atomic mass is 10.1. The summed E-state index contributed by atoms with van der Waals surface area (Å²) in [4.78, 5) is 22.0. The molecule has 1 heterocycles. The van der Waals surface area contributed by atoms with Crippen molar-refractivity contribution in [1.82, 2.24) is 9.78 Å². The number of benzene rings is 1. The highest BCUT2D eigenvalue weighted by Crippen LogP contribution is 2.25. The van der Waals surface area contributed by atoms with Crippen LogP contribution < -0.4 is 4.74 Å². The smallest absolute Gasteiger partial charge is 0.307 e. The standard InChI is InChI=1S/C12H10BrN3O4/c1-20-12-3-2-8(4-10(12)13)11(17)7-15-6-9(5-14-15)16(18)19/h2-6H,7H2,1H3. The fourth-order valence-corrected chi connectivity index (χ4v) is 2.15. The van der Waals surface area contributed by atoms with Gasteiger partial charge in [-0.25, -0.2) is 0 Å². The number of hydrogen-bond acceptors (Lipinski definition) is 5. The number of rotatable bonds is 5. The summed E-state index contributed by atoms with van der Waals surface area (Å²) in [7, 11) is 1.53. The third-order valence-corrected chi connectivity index (χ3v) is 3.23. The van der Waals surface area contributed by atoms with Crippen LogP contribution in [0.2, 0.25) is 0 Å². The number of nitrogens with zero attached hydrogens (tertiary/aromatic N) is 3. The van der Waals surface area contributed by atoms with Crippen molar-refractivity contribution in [2.45, 2.75) is 6.54 Å². The van der Waals surface area contributed by atoms with E-state index >= 15 is 0 Å². The van der Waals surface area contributed by atoms with Crippen LogP contribution in [0.15, 0.2) is 35.1 Å². The Morgan fingerprint density at radius 1 is 1.55 bits per heavy atom. The van der Waals surface area contributed by atoms with Crippen molar-refractivity contribution in [1.29, 1.82) is 0 Å². The Labute approximate surface area is 122 Å². The van der Waals surface area contributed by atoms with E-state index in [9.17, 15) is 14.9 Å². The summed E-state index contributed by atoms with van der Waals surface area (Å²) in [5.74, 6) is 0.419. The van der Waals surface area contributed by atoms with Crippen LogP contribution in [0.25, 0.3) is 0 Å². The molecular formula is C12H10BrN3O4. The highest BCUT2D eigenvalue weighted by atomic mass is 79.9. The van der Waals surface area contributed by atoms with Gasteiger partial charge in [0, 0.05) is 5.56 Å². The lowest BCUT2D eigenvalue weighted by Crippen LogP contribution is -2.10. The van der Waals surface area contributed by atoms with Crippen LogP contribution in [0, 0.1) is 10.1 Å². The van der Waals surface area contributed by atoms with E-state index in [4.69, 9.17) is 4.74 Å². The molecule has 0 aliphatic carbocycles. The van der Waals surface area contributed by atoms with Crippen molar-refractivity contribution in [2.75, 3.05) is 7.11 Å². The summed E-state index contributed by atoms with van der Waals surface area (Å²) >= 11 is 3.30. The van der Waals surface area contributed by atoms with Crippen molar-refractivity contribution >= 4 is 27.4 Å². The number of hydrogen-bond donors (Lipinski definition) is 0. The van der Waals surface area contributed by atoms with Gasteiger partial charge in [0.1, 0.15) is 24.7 Å². The molecule has 0 bridgehead atoms. The van der Waals surface area contributed by atoms with Gasteiger partial charge in [0.25, 0.3) is 0 Å². The van der Waals surface area contributed by atoms with E-state index in [0.717, 1.165) is 6.20 Å². The van der Waals surface area contributed by atoms with Crippen molar-refractivity contribution < 1.29 is 14.5 Å². The number of Topliss-reactive ketones (excluding diaryl/α,β-unsaturated/α-hetero) is 1. The number of carbonyl (C=O) groups excluding carboxylic acids is 1. The SMILES string of the molecule is COc1ccc(C(=O)Cn2cc([N+](=O)[O-])cn2)cc1Br. The van der Waals surface area contributed by atoms with Gasteiger partial charge in [-0.2, -0.15) is 5.10 Å². The maximum absolute atomic E-state index is 12.1. The average molecular weight is 340 g/mol. The maximum atomic E-state index is 12.1. The Balaban J connectivity index is 2.15. The van der Waals surface area contributed by atoms with Gasteiger partial charge in [-0.15, -0.1) is 0 Å². The second kappa shape index (κ2) is 5.83. The molecule has 0 amide bonds. The minimum atomic E-state index is -0.558. The van der Waals surface area contributed by atoms with Crippen LogP contribution in [-0.4, -0.2) is 27.6 Å². The van der Waals surface area contributed by atoms with Gasteiger partial charge in [0.2, 0.25) is 0 Å². The first-order valence-electron chi connectivity index (χ1n) is 5.55. The predicted molar refractivity (Wildman–Crippen MR) is 73.9 cm³/mol. The minimum absolute atomic E-state index is 0.0629. The van der Waals surface area contributed by atoms with E-state index in [2.05, 4.69) is 21.0 Å². The summed E-state index contributed by atoms with van der Waals surface area (Å²) in [6.45, 7) is -0.0629. The number of methoxy groups -OCH3 is 1. The summed E-state index contributed by atoms with van der Waals surface area (Å²) < 4.78 is 6.98. The zero-order chi connectivity index (χ0) is 14.7. The largest absolute Gasteiger partial charge is 0.496 e. The summed E-state index contributed by atoms with van der Waals surface area (Å²) in [6.07, 6.45) is 2.33. The van der Waals surface area contributed by atoms with Crippen LogP contribution in [-0.2, 0) is 6.54 Å². The number of carbonyl (C=O) groups is 1. The molecule has 2 aromatic rings. The zero-order valence-corrected chi connectivity index (χ0v) is 12.0. The molecule has 1 aromatic heterocycles.